The Morgan fingerprint density at radius 1 is 1.09 bits per heavy atom. The second kappa shape index (κ2) is 10.2. The number of amides is 2. The van der Waals surface area contributed by atoms with Crippen molar-refractivity contribution in [2.75, 3.05) is 13.1 Å². The monoisotopic (exact) mass is 462 g/mol. The first-order chi connectivity index (χ1) is 16.7. The second-order valence-electron chi connectivity index (χ2n) is 9.27. The highest BCUT2D eigenvalue weighted by Crippen LogP contribution is 2.41. The zero-order chi connectivity index (χ0) is 23.3. The summed E-state index contributed by atoms with van der Waals surface area (Å²) in [5.74, 6) is 0.708. The van der Waals surface area contributed by atoms with E-state index < -0.39 is 0 Å². The normalized spacial score (nSPS) is 23.7. The van der Waals surface area contributed by atoms with Crippen molar-refractivity contribution in [2.24, 2.45) is 5.92 Å². The molecule has 2 aromatic heterocycles. The first kappa shape index (κ1) is 22.4. The molecule has 0 unspecified atom stereocenters. The number of benzene rings is 1. The molecule has 1 aliphatic carbocycles. The number of hydrogen-bond donors (Lipinski definition) is 1. The van der Waals surface area contributed by atoms with E-state index in [0.29, 0.717) is 49.6 Å². The Bertz CT molecular complexity index is 1100. The van der Waals surface area contributed by atoms with Crippen LogP contribution in [0.5, 0.6) is 0 Å². The quantitative estimate of drug-likeness (QED) is 0.630. The van der Waals surface area contributed by atoms with Gasteiger partial charge in [-0.25, -0.2) is 0 Å². The van der Waals surface area contributed by atoms with Crippen molar-refractivity contribution in [2.45, 2.75) is 56.9 Å². The highest BCUT2D eigenvalue weighted by Gasteiger charge is 2.45. The molecule has 178 valence electrons. The summed E-state index contributed by atoms with van der Waals surface area (Å²) in [5, 5.41) is 7.28. The minimum atomic E-state index is -0.316. The van der Waals surface area contributed by atoms with E-state index in [1.807, 2.05) is 35.2 Å². The third-order valence-electron chi connectivity index (χ3n) is 6.96. The number of carbonyl (C=O) groups excluding carboxylic acids is 2. The predicted octanol–water partition coefficient (Wildman–Crippen LogP) is 3.95. The summed E-state index contributed by atoms with van der Waals surface area (Å²) in [6, 6.07) is 11.5. The fourth-order valence-corrected chi connectivity index (χ4v) is 5.20. The van der Waals surface area contributed by atoms with Crippen LogP contribution in [0.1, 0.15) is 72.1 Å². The number of nitrogens with one attached hydrogen (secondary N) is 1. The Balaban J connectivity index is 1.39. The van der Waals surface area contributed by atoms with Crippen LogP contribution < -0.4 is 5.32 Å². The van der Waals surface area contributed by atoms with Crippen LogP contribution in [0.25, 0.3) is 0 Å². The van der Waals surface area contributed by atoms with E-state index in [9.17, 15) is 9.59 Å². The molecule has 8 heteroatoms. The topological polar surface area (TPSA) is 101 Å². The standard InChI is InChI=1S/C26H30N4O4/c31-24-21-15-20(25-28-23(29-34-25)14-18-8-4-3-5-9-18)16-22(21)30(12-7-2-1-6-11-27-24)26(32)19-10-13-33-17-19/h3-5,8-10,13,17,20-22H,1-2,6-7,11-12,14-16H2,(H,27,31)/t20-,21-,22+/m1/s1. The average Bonchev–Trinajstić information content (AvgIpc) is 3.61. The predicted molar refractivity (Wildman–Crippen MR) is 124 cm³/mol. The lowest BCUT2D eigenvalue weighted by molar-refractivity contribution is -0.126. The van der Waals surface area contributed by atoms with Gasteiger partial charge in [0, 0.05) is 31.5 Å². The minimum absolute atomic E-state index is 0.00316. The van der Waals surface area contributed by atoms with E-state index in [0.717, 1.165) is 31.2 Å². The number of hydrogen-bond acceptors (Lipinski definition) is 6. The molecule has 1 aromatic carbocycles. The van der Waals surface area contributed by atoms with Crippen LogP contribution in [0.15, 0.2) is 57.9 Å². The van der Waals surface area contributed by atoms with Gasteiger partial charge in [0.05, 0.1) is 17.7 Å². The van der Waals surface area contributed by atoms with Crippen LogP contribution in [-0.4, -0.2) is 46.0 Å². The van der Waals surface area contributed by atoms with Crippen molar-refractivity contribution in [1.29, 1.82) is 0 Å². The number of nitrogens with zero attached hydrogens (tertiary/aromatic N) is 3. The number of furan rings is 1. The lowest BCUT2D eigenvalue weighted by Gasteiger charge is -2.32. The van der Waals surface area contributed by atoms with Crippen molar-refractivity contribution in [3.63, 3.8) is 0 Å². The SMILES string of the molecule is O=C1NCCCCCCN(C(=O)c2ccoc2)[C@H]2C[C@H](c3nc(Cc4ccccc4)no3)C[C@@H]12. The van der Waals surface area contributed by atoms with E-state index in [1.165, 1.54) is 12.5 Å². The van der Waals surface area contributed by atoms with Crippen molar-refractivity contribution >= 4 is 11.8 Å². The first-order valence-corrected chi connectivity index (χ1v) is 12.2. The molecule has 0 spiro atoms. The van der Waals surface area contributed by atoms with E-state index >= 15 is 0 Å². The number of aromatic nitrogens is 2. The second-order valence-corrected chi connectivity index (χ2v) is 9.27. The maximum Gasteiger partial charge on any atom is 0.257 e. The maximum atomic E-state index is 13.4. The molecule has 3 heterocycles. The van der Waals surface area contributed by atoms with Crippen LogP contribution >= 0.6 is 0 Å². The Morgan fingerprint density at radius 3 is 2.76 bits per heavy atom. The highest BCUT2D eigenvalue weighted by atomic mass is 16.5. The lowest BCUT2D eigenvalue weighted by Crippen LogP contribution is -2.47. The van der Waals surface area contributed by atoms with E-state index in [-0.39, 0.29) is 29.7 Å². The lowest BCUT2D eigenvalue weighted by atomic mass is 9.99. The largest absolute Gasteiger partial charge is 0.472 e. The Kier molecular flexibility index (Phi) is 6.74. The van der Waals surface area contributed by atoms with E-state index in [4.69, 9.17) is 8.94 Å². The third-order valence-corrected chi connectivity index (χ3v) is 6.96. The van der Waals surface area contributed by atoms with E-state index in [2.05, 4.69) is 15.5 Å². The Morgan fingerprint density at radius 2 is 1.94 bits per heavy atom. The molecular weight excluding hydrogens is 432 g/mol. The molecule has 1 saturated heterocycles. The smallest absolute Gasteiger partial charge is 0.257 e. The fraction of sp³-hybridized carbons (Fsp3) is 0.462. The number of rotatable bonds is 4. The van der Waals surface area contributed by atoms with Gasteiger partial charge < -0.3 is 19.2 Å². The summed E-state index contributed by atoms with van der Waals surface area (Å²) in [4.78, 5) is 33.1. The summed E-state index contributed by atoms with van der Waals surface area (Å²) in [5.41, 5.74) is 1.63. The first-order valence-electron chi connectivity index (χ1n) is 12.2. The molecule has 2 aliphatic rings. The van der Waals surface area contributed by atoms with Gasteiger partial charge in [0.1, 0.15) is 6.26 Å². The van der Waals surface area contributed by atoms with Crippen molar-refractivity contribution in [1.82, 2.24) is 20.4 Å². The van der Waals surface area contributed by atoms with Gasteiger partial charge in [-0.1, -0.05) is 48.3 Å². The van der Waals surface area contributed by atoms with Crippen molar-refractivity contribution in [3.05, 3.63) is 71.8 Å². The molecule has 3 atom stereocenters. The molecule has 3 aromatic rings. The third kappa shape index (κ3) is 4.90. The molecule has 0 radical (unpaired) electrons. The molecule has 1 N–H and O–H groups in total. The molecule has 0 bridgehead atoms. The van der Waals surface area contributed by atoms with Gasteiger partial charge in [-0.2, -0.15) is 4.98 Å². The van der Waals surface area contributed by atoms with Crippen LogP contribution in [0.3, 0.4) is 0 Å². The van der Waals surface area contributed by atoms with E-state index in [1.54, 1.807) is 6.07 Å². The zero-order valence-electron chi connectivity index (χ0n) is 19.2. The average molecular weight is 463 g/mol. The van der Waals surface area contributed by atoms with Gasteiger partial charge in [-0.15, -0.1) is 0 Å². The van der Waals surface area contributed by atoms with Crippen molar-refractivity contribution in [3.8, 4) is 0 Å². The van der Waals surface area contributed by atoms with Gasteiger partial charge in [-0.05, 0) is 37.3 Å². The minimum Gasteiger partial charge on any atom is -0.472 e. The molecule has 2 amide bonds. The zero-order valence-corrected chi connectivity index (χ0v) is 19.2. The molecule has 1 aliphatic heterocycles. The molecule has 34 heavy (non-hydrogen) atoms. The molecule has 2 fully saturated rings. The van der Waals surface area contributed by atoms with Crippen LogP contribution in [0, 0.1) is 5.92 Å². The van der Waals surface area contributed by atoms with Gasteiger partial charge in [0.2, 0.25) is 11.8 Å². The number of carbonyl (C=O) groups is 2. The summed E-state index contributed by atoms with van der Waals surface area (Å²) in [6.07, 6.45) is 8.71. The van der Waals surface area contributed by atoms with Crippen molar-refractivity contribution < 1.29 is 18.5 Å². The van der Waals surface area contributed by atoms with Crippen LogP contribution in [-0.2, 0) is 11.2 Å². The van der Waals surface area contributed by atoms with Gasteiger partial charge in [-0.3, -0.25) is 9.59 Å². The molecule has 5 rings (SSSR count). The highest BCUT2D eigenvalue weighted by molar-refractivity contribution is 5.94. The van der Waals surface area contributed by atoms with Gasteiger partial charge >= 0.3 is 0 Å². The van der Waals surface area contributed by atoms with Crippen LogP contribution in [0.4, 0.5) is 0 Å². The number of fused-ring (bicyclic) bond motifs is 1. The van der Waals surface area contributed by atoms with Gasteiger partial charge in [0.15, 0.2) is 5.82 Å². The molecule has 1 saturated carbocycles. The van der Waals surface area contributed by atoms with Crippen LogP contribution in [0.2, 0.25) is 0 Å². The Labute approximate surface area is 198 Å². The summed E-state index contributed by atoms with van der Waals surface area (Å²) < 4.78 is 10.8. The Hall–Kier alpha value is -3.42. The van der Waals surface area contributed by atoms with Gasteiger partial charge in [0.25, 0.3) is 5.91 Å². The molecular formula is C26H30N4O4. The summed E-state index contributed by atoms with van der Waals surface area (Å²) >= 11 is 0. The fourth-order valence-electron chi connectivity index (χ4n) is 5.20. The molecule has 8 nitrogen and oxygen atoms in total. The maximum absolute atomic E-state index is 13.4. The summed E-state index contributed by atoms with van der Waals surface area (Å²) in [7, 11) is 0. The summed E-state index contributed by atoms with van der Waals surface area (Å²) in [6.45, 7) is 1.29.